The van der Waals surface area contributed by atoms with Crippen LogP contribution in [0.25, 0.3) is 0 Å². The minimum absolute atomic E-state index is 0.0520. The van der Waals surface area contributed by atoms with E-state index >= 15 is 0 Å². The number of unbranched alkanes of at least 4 members (excludes halogenated alkanes) is 7. The number of benzene rings is 1. The summed E-state index contributed by atoms with van der Waals surface area (Å²) in [5.74, 6) is 0.00608. The van der Waals surface area contributed by atoms with Crippen LogP contribution in [-0.4, -0.2) is 11.2 Å². The Morgan fingerprint density at radius 3 is 2.08 bits per heavy atom. The number of rotatable bonds is 13. The molecule has 0 aliphatic heterocycles. The SMILES string of the molecule is CCCCCCCCCC/C(F)=C(/[I+]c1ccccc1)C(O)C(C)C. The van der Waals surface area contributed by atoms with Gasteiger partial charge >= 0.3 is 21.2 Å². The highest BCUT2D eigenvalue weighted by atomic mass is 127. The highest BCUT2D eigenvalue weighted by molar-refractivity contribution is 5.07. The van der Waals surface area contributed by atoms with E-state index in [-0.39, 0.29) is 11.7 Å². The molecule has 1 atom stereocenters. The van der Waals surface area contributed by atoms with E-state index in [4.69, 9.17) is 0 Å². The first-order valence-corrected chi connectivity index (χ1v) is 12.0. The summed E-state index contributed by atoms with van der Waals surface area (Å²) >= 11 is -0.635. The number of allylic oxidation sites excluding steroid dienone is 1. The van der Waals surface area contributed by atoms with Crippen molar-refractivity contribution >= 4 is 0 Å². The normalized spacial score (nSPS) is 13.8. The van der Waals surface area contributed by atoms with E-state index in [9.17, 15) is 9.50 Å². The molecule has 1 unspecified atom stereocenters. The number of aliphatic hydroxyl groups excluding tert-OH is 1. The van der Waals surface area contributed by atoms with E-state index in [1.165, 1.54) is 42.1 Å². The molecule has 0 spiro atoms. The van der Waals surface area contributed by atoms with E-state index in [0.29, 0.717) is 10.0 Å². The molecule has 1 rings (SSSR count). The summed E-state index contributed by atoms with van der Waals surface area (Å²) in [4.78, 5) is 0. The zero-order chi connectivity index (χ0) is 18.5. The molecule has 1 N–H and O–H groups in total. The van der Waals surface area contributed by atoms with Crippen molar-refractivity contribution in [1.82, 2.24) is 0 Å². The maximum atomic E-state index is 14.8. The van der Waals surface area contributed by atoms with Crippen LogP contribution in [0.2, 0.25) is 0 Å². The van der Waals surface area contributed by atoms with Crippen molar-refractivity contribution in [3.8, 4) is 0 Å². The molecule has 0 amide bonds. The molecule has 142 valence electrons. The Morgan fingerprint density at radius 2 is 1.52 bits per heavy atom. The Kier molecular flexibility index (Phi) is 12.4. The fraction of sp³-hybridized carbons (Fsp3) is 0.636. The highest BCUT2D eigenvalue weighted by Gasteiger charge is 2.32. The molecule has 0 bridgehead atoms. The van der Waals surface area contributed by atoms with Crippen molar-refractivity contribution in [3.63, 3.8) is 0 Å². The number of halogens is 2. The number of hydrogen-bond acceptors (Lipinski definition) is 1. The third-order valence-corrected chi connectivity index (χ3v) is 7.49. The Bertz CT molecular complexity index is 484. The molecular formula is C22H35FIO+. The lowest BCUT2D eigenvalue weighted by atomic mass is 10.0. The summed E-state index contributed by atoms with van der Waals surface area (Å²) in [6.45, 7) is 6.16. The Morgan fingerprint density at radius 1 is 0.960 bits per heavy atom. The van der Waals surface area contributed by atoms with E-state index in [2.05, 4.69) is 6.92 Å². The number of hydrogen-bond donors (Lipinski definition) is 1. The van der Waals surface area contributed by atoms with Gasteiger partial charge in [0.15, 0.2) is 9.40 Å². The van der Waals surface area contributed by atoms with Gasteiger partial charge in [-0.15, -0.1) is 0 Å². The van der Waals surface area contributed by atoms with Crippen molar-refractivity contribution in [3.05, 3.63) is 43.3 Å². The van der Waals surface area contributed by atoms with Gasteiger partial charge in [-0.25, -0.2) is 4.39 Å². The Labute approximate surface area is 164 Å². The maximum Gasteiger partial charge on any atom is 0.358 e. The first-order chi connectivity index (χ1) is 12.1. The zero-order valence-corrected chi connectivity index (χ0v) is 18.3. The van der Waals surface area contributed by atoms with E-state index in [1.54, 1.807) is 0 Å². The van der Waals surface area contributed by atoms with Gasteiger partial charge in [-0.1, -0.05) is 83.9 Å². The van der Waals surface area contributed by atoms with Gasteiger partial charge in [0.1, 0.15) is 6.10 Å². The van der Waals surface area contributed by atoms with Crippen LogP contribution in [0.3, 0.4) is 0 Å². The van der Waals surface area contributed by atoms with Crippen LogP contribution >= 0.6 is 0 Å². The maximum absolute atomic E-state index is 14.8. The van der Waals surface area contributed by atoms with Gasteiger partial charge < -0.3 is 5.11 Å². The molecule has 25 heavy (non-hydrogen) atoms. The van der Waals surface area contributed by atoms with Crippen LogP contribution < -0.4 is 21.2 Å². The molecule has 0 fully saturated rings. The predicted molar refractivity (Wildman–Crippen MR) is 101 cm³/mol. The van der Waals surface area contributed by atoms with E-state index in [1.807, 2.05) is 44.2 Å². The average molecular weight is 461 g/mol. The Hall–Kier alpha value is -0.420. The molecule has 0 saturated carbocycles. The lowest BCUT2D eigenvalue weighted by molar-refractivity contribution is -0.586. The smallest absolute Gasteiger partial charge is 0.358 e. The summed E-state index contributed by atoms with van der Waals surface area (Å²) in [6, 6.07) is 10.1. The van der Waals surface area contributed by atoms with Crippen LogP contribution in [0.4, 0.5) is 4.39 Å². The first-order valence-electron chi connectivity index (χ1n) is 9.82. The summed E-state index contributed by atoms with van der Waals surface area (Å²) in [5.41, 5.74) is 0. The third-order valence-electron chi connectivity index (χ3n) is 4.34. The van der Waals surface area contributed by atoms with Crippen molar-refractivity contribution < 1.29 is 30.7 Å². The number of aliphatic hydroxyl groups is 1. The molecule has 3 heteroatoms. The summed E-state index contributed by atoms with van der Waals surface area (Å²) in [6.07, 6.45) is 9.54. The van der Waals surface area contributed by atoms with Gasteiger partial charge in [0, 0.05) is 6.42 Å². The molecule has 0 radical (unpaired) electrons. The second-order valence-corrected chi connectivity index (χ2v) is 10.0. The topological polar surface area (TPSA) is 20.2 Å². The third kappa shape index (κ3) is 9.74. The fourth-order valence-corrected chi connectivity index (χ4v) is 5.74. The second-order valence-electron chi connectivity index (χ2n) is 7.06. The largest absolute Gasteiger partial charge is 0.384 e. The minimum Gasteiger partial charge on any atom is -0.384 e. The van der Waals surface area contributed by atoms with Gasteiger partial charge in [-0.3, -0.25) is 0 Å². The molecule has 1 nitrogen and oxygen atoms in total. The molecule has 0 heterocycles. The fourth-order valence-electron chi connectivity index (χ4n) is 2.69. The van der Waals surface area contributed by atoms with Gasteiger partial charge in [-0.2, -0.15) is 0 Å². The molecule has 0 aromatic heterocycles. The minimum atomic E-state index is -0.651. The van der Waals surface area contributed by atoms with Crippen molar-refractivity contribution in [2.75, 3.05) is 0 Å². The van der Waals surface area contributed by atoms with Crippen molar-refractivity contribution in [2.45, 2.75) is 84.7 Å². The summed E-state index contributed by atoms with van der Waals surface area (Å²) in [5, 5.41) is 10.5. The van der Waals surface area contributed by atoms with Gasteiger partial charge in [0.05, 0.1) is 0 Å². The average Bonchev–Trinajstić information content (AvgIpc) is 2.62. The highest BCUT2D eigenvalue weighted by Crippen LogP contribution is 2.18. The van der Waals surface area contributed by atoms with Crippen LogP contribution in [0.15, 0.2) is 39.7 Å². The first kappa shape index (κ1) is 22.6. The lowest BCUT2D eigenvalue weighted by Gasteiger charge is -2.11. The standard InChI is InChI=1S/C22H35FIO/c1-4-5-6-7-8-9-10-14-17-20(23)21(22(25)18(2)3)24-19-15-12-11-13-16-19/h11-13,15-16,18,22,25H,4-10,14,17H2,1-3H3/q+1/b21-20-. The molecular weight excluding hydrogens is 426 g/mol. The predicted octanol–water partition coefficient (Wildman–Crippen LogP) is 3.67. The van der Waals surface area contributed by atoms with E-state index < -0.39 is 27.3 Å². The zero-order valence-electron chi connectivity index (χ0n) is 16.1. The van der Waals surface area contributed by atoms with Crippen molar-refractivity contribution in [2.24, 2.45) is 5.92 Å². The quantitative estimate of drug-likeness (QED) is 0.351. The van der Waals surface area contributed by atoms with E-state index in [0.717, 1.165) is 12.8 Å². The van der Waals surface area contributed by atoms with Gasteiger partial charge in [0.25, 0.3) is 0 Å². The van der Waals surface area contributed by atoms with Crippen molar-refractivity contribution in [1.29, 1.82) is 0 Å². The van der Waals surface area contributed by atoms with Gasteiger partial charge in [0.2, 0.25) is 3.58 Å². The summed E-state index contributed by atoms with van der Waals surface area (Å²) in [7, 11) is 0. The lowest BCUT2D eigenvalue weighted by Crippen LogP contribution is -3.61. The second kappa shape index (κ2) is 13.7. The molecule has 1 aromatic rings. The van der Waals surface area contributed by atoms with Crippen LogP contribution in [0.5, 0.6) is 0 Å². The van der Waals surface area contributed by atoms with Crippen LogP contribution in [0, 0.1) is 9.49 Å². The van der Waals surface area contributed by atoms with Crippen LogP contribution in [-0.2, 0) is 0 Å². The monoisotopic (exact) mass is 461 g/mol. The molecule has 1 aromatic carbocycles. The van der Waals surface area contributed by atoms with Crippen LogP contribution in [0.1, 0.15) is 78.6 Å². The Balaban J connectivity index is 2.51. The summed E-state index contributed by atoms with van der Waals surface area (Å²) < 4.78 is 16.6. The molecule has 0 saturated heterocycles. The molecule has 0 aliphatic carbocycles. The van der Waals surface area contributed by atoms with Gasteiger partial charge in [-0.05, 0) is 24.5 Å². The molecule has 0 aliphatic rings.